The molecular formula is C35H37FO4. The van der Waals surface area contributed by atoms with Crippen LogP contribution in [0.1, 0.15) is 35.1 Å². The van der Waals surface area contributed by atoms with Crippen LogP contribution >= 0.6 is 0 Å². The molecule has 0 aromatic heterocycles. The highest BCUT2D eigenvalue weighted by atomic mass is 19.1. The molecule has 0 bridgehead atoms. The van der Waals surface area contributed by atoms with Crippen LogP contribution in [0.5, 0.6) is 0 Å². The maximum atomic E-state index is 13.8. The van der Waals surface area contributed by atoms with E-state index in [0.29, 0.717) is 32.8 Å². The number of halogens is 1. The fraction of sp³-hybridized carbons (Fsp3) is 0.314. The van der Waals surface area contributed by atoms with Gasteiger partial charge in [-0.1, -0.05) is 103 Å². The van der Waals surface area contributed by atoms with E-state index in [4.69, 9.17) is 18.9 Å². The molecule has 1 heterocycles. The van der Waals surface area contributed by atoms with E-state index < -0.39 is 0 Å². The van der Waals surface area contributed by atoms with E-state index in [1.807, 2.05) is 60.7 Å². The maximum Gasteiger partial charge on any atom is 0.123 e. The molecule has 0 saturated carbocycles. The lowest BCUT2D eigenvalue weighted by atomic mass is 9.94. The van der Waals surface area contributed by atoms with Crippen LogP contribution in [0.2, 0.25) is 0 Å². The summed E-state index contributed by atoms with van der Waals surface area (Å²) in [4.78, 5) is 0. The molecule has 0 unspecified atom stereocenters. The van der Waals surface area contributed by atoms with Gasteiger partial charge in [-0.25, -0.2) is 4.39 Å². The van der Waals surface area contributed by atoms with Crippen molar-refractivity contribution in [3.8, 4) is 0 Å². The van der Waals surface area contributed by atoms with E-state index >= 15 is 0 Å². The Bertz CT molecular complexity index is 1270. The second kappa shape index (κ2) is 14.9. The van der Waals surface area contributed by atoms with Crippen molar-refractivity contribution in [3.05, 3.63) is 143 Å². The van der Waals surface area contributed by atoms with Gasteiger partial charge in [0.25, 0.3) is 0 Å². The summed E-state index contributed by atoms with van der Waals surface area (Å²) < 4.78 is 39.7. The first kappa shape index (κ1) is 28.2. The predicted molar refractivity (Wildman–Crippen MR) is 154 cm³/mol. The molecule has 4 atom stereocenters. The summed E-state index contributed by atoms with van der Waals surface area (Å²) in [6, 6.07) is 37.3. The third-order valence-corrected chi connectivity index (χ3v) is 7.23. The van der Waals surface area contributed by atoms with Gasteiger partial charge in [0.1, 0.15) is 18.0 Å². The predicted octanol–water partition coefficient (Wildman–Crippen LogP) is 7.30. The van der Waals surface area contributed by atoms with E-state index in [-0.39, 0.29) is 30.2 Å². The van der Waals surface area contributed by atoms with E-state index in [2.05, 4.69) is 36.4 Å². The molecule has 0 aliphatic carbocycles. The Kier molecular flexibility index (Phi) is 10.5. The molecule has 0 radical (unpaired) electrons. The van der Waals surface area contributed by atoms with Gasteiger partial charge in [0.15, 0.2) is 0 Å². The van der Waals surface area contributed by atoms with Crippen LogP contribution in [0.4, 0.5) is 4.39 Å². The summed E-state index contributed by atoms with van der Waals surface area (Å²) in [5, 5.41) is 0. The van der Waals surface area contributed by atoms with Gasteiger partial charge in [-0.2, -0.15) is 0 Å². The Morgan fingerprint density at radius 3 is 1.85 bits per heavy atom. The number of hydrogen-bond acceptors (Lipinski definition) is 4. The Morgan fingerprint density at radius 2 is 1.23 bits per heavy atom. The van der Waals surface area contributed by atoms with Crippen molar-refractivity contribution in [3.63, 3.8) is 0 Å². The van der Waals surface area contributed by atoms with Gasteiger partial charge < -0.3 is 18.9 Å². The highest BCUT2D eigenvalue weighted by molar-refractivity contribution is 5.17. The van der Waals surface area contributed by atoms with E-state index in [1.54, 1.807) is 12.1 Å². The first-order valence-electron chi connectivity index (χ1n) is 14.1. The van der Waals surface area contributed by atoms with Crippen LogP contribution in [0.3, 0.4) is 0 Å². The monoisotopic (exact) mass is 540 g/mol. The molecule has 4 nitrogen and oxygen atoms in total. The van der Waals surface area contributed by atoms with Crippen LogP contribution in [-0.4, -0.2) is 31.0 Å². The second-order valence-electron chi connectivity index (χ2n) is 10.3. The molecule has 5 heteroatoms. The van der Waals surface area contributed by atoms with Gasteiger partial charge in [0.05, 0.1) is 38.6 Å². The smallest absolute Gasteiger partial charge is 0.123 e. The Hall–Kier alpha value is -3.35. The first-order chi connectivity index (χ1) is 19.7. The zero-order chi connectivity index (χ0) is 27.4. The highest BCUT2D eigenvalue weighted by Gasteiger charge is 2.40. The van der Waals surface area contributed by atoms with Crippen LogP contribution in [0.25, 0.3) is 0 Å². The minimum atomic E-state index is -0.306. The number of aryl methyl sites for hydroxylation is 1. The average molecular weight is 541 g/mol. The SMILES string of the molecule is Fc1cccc(CC[C@@H]2C[C@@H](OCc3ccccc3)[C@H](OCc3ccccc3)[C@@H](COCc3ccccc3)O2)c1. The van der Waals surface area contributed by atoms with Gasteiger partial charge in [0.2, 0.25) is 0 Å². The largest absolute Gasteiger partial charge is 0.374 e. The lowest BCUT2D eigenvalue weighted by molar-refractivity contribution is -0.221. The Balaban J connectivity index is 1.31. The molecule has 1 fully saturated rings. The molecule has 1 aliphatic rings. The molecule has 0 spiro atoms. The van der Waals surface area contributed by atoms with Crippen molar-refractivity contribution in [1.29, 1.82) is 0 Å². The Labute approximate surface area is 236 Å². The van der Waals surface area contributed by atoms with Gasteiger partial charge >= 0.3 is 0 Å². The molecule has 4 aromatic carbocycles. The summed E-state index contributed by atoms with van der Waals surface area (Å²) in [6.07, 6.45) is 1.32. The Morgan fingerprint density at radius 1 is 0.650 bits per heavy atom. The minimum Gasteiger partial charge on any atom is -0.374 e. The zero-order valence-electron chi connectivity index (χ0n) is 22.7. The zero-order valence-corrected chi connectivity index (χ0v) is 22.7. The van der Waals surface area contributed by atoms with Crippen molar-refractivity contribution in [2.45, 2.75) is 63.5 Å². The third-order valence-electron chi connectivity index (χ3n) is 7.23. The molecule has 4 aromatic rings. The van der Waals surface area contributed by atoms with Crippen LogP contribution < -0.4 is 0 Å². The molecule has 1 aliphatic heterocycles. The topological polar surface area (TPSA) is 36.9 Å². The lowest BCUT2D eigenvalue weighted by Crippen LogP contribution is -2.52. The third kappa shape index (κ3) is 8.57. The van der Waals surface area contributed by atoms with E-state index in [0.717, 1.165) is 35.1 Å². The molecule has 0 amide bonds. The van der Waals surface area contributed by atoms with Crippen LogP contribution in [-0.2, 0) is 45.2 Å². The van der Waals surface area contributed by atoms with E-state index in [1.165, 1.54) is 6.07 Å². The quantitative estimate of drug-likeness (QED) is 0.178. The molecule has 208 valence electrons. The van der Waals surface area contributed by atoms with Crippen molar-refractivity contribution in [1.82, 2.24) is 0 Å². The van der Waals surface area contributed by atoms with Gasteiger partial charge in [-0.3, -0.25) is 0 Å². The molecule has 0 N–H and O–H groups in total. The highest BCUT2D eigenvalue weighted by Crippen LogP contribution is 2.30. The fourth-order valence-corrected chi connectivity index (χ4v) is 5.14. The molecular weight excluding hydrogens is 503 g/mol. The summed E-state index contributed by atoms with van der Waals surface area (Å²) in [7, 11) is 0. The van der Waals surface area contributed by atoms with Crippen molar-refractivity contribution in [2.75, 3.05) is 6.61 Å². The van der Waals surface area contributed by atoms with Gasteiger partial charge in [-0.15, -0.1) is 0 Å². The summed E-state index contributed by atoms with van der Waals surface area (Å²) in [5.74, 6) is -0.215. The van der Waals surface area contributed by atoms with E-state index in [9.17, 15) is 4.39 Å². The van der Waals surface area contributed by atoms with Crippen LogP contribution in [0.15, 0.2) is 115 Å². The van der Waals surface area contributed by atoms with Crippen molar-refractivity contribution < 1.29 is 23.3 Å². The van der Waals surface area contributed by atoms with Gasteiger partial charge in [-0.05, 0) is 47.2 Å². The maximum absolute atomic E-state index is 13.8. The van der Waals surface area contributed by atoms with Crippen molar-refractivity contribution >= 4 is 0 Å². The number of benzene rings is 4. The standard InChI is InChI=1S/C35H37FO4/c36-31-18-10-17-27(21-31)19-20-32-22-33(38-24-29-13-6-2-7-14-29)35(39-25-30-15-8-3-9-16-30)34(40-32)26-37-23-28-11-4-1-5-12-28/h1-18,21,32-35H,19-20,22-26H2/t32-,33-,34-,35+/m1/s1. The second-order valence-corrected chi connectivity index (χ2v) is 10.3. The fourth-order valence-electron chi connectivity index (χ4n) is 5.14. The van der Waals surface area contributed by atoms with Gasteiger partial charge in [0, 0.05) is 6.42 Å². The lowest BCUT2D eigenvalue weighted by Gasteiger charge is -2.41. The average Bonchev–Trinajstić information content (AvgIpc) is 3.00. The first-order valence-corrected chi connectivity index (χ1v) is 14.1. The van der Waals surface area contributed by atoms with Crippen LogP contribution in [0, 0.1) is 5.82 Å². The molecule has 5 rings (SSSR count). The minimum absolute atomic E-state index is 0.0639. The van der Waals surface area contributed by atoms with Crippen molar-refractivity contribution in [2.24, 2.45) is 0 Å². The number of ether oxygens (including phenoxy) is 4. The molecule has 1 saturated heterocycles. The number of hydrogen-bond donors (Lipinski definition) is 0. The molecule has 40 heavy (non-hydrogen) atoms. The summed E-state index contributed by atoms with van der Waals surface area (Å²) >= 11 is 0. The summed E-state index contributed by atoms with van der Waals surface area (Å²) in [6.45, 7) is 1.83. The number of rotatable bonds is 13. The normalized spacial score (nSPS) is 20.8. The summed E-state index contributed by atoms with van der Waals surface area (Å²) in [5.41, 5.74) is 4.29.